The number of ether oxygens (including phenoxy) is 2. The summed E-state index contributed by atoms with van der Waals surface area (Å²) in [6.07, 6.45) is 0. The third kappa shape index (κ3) is 3.42. The zero-order valence-corrected chi connectivity index (χ0v) is 12.6. The second-order valence-electron chi connectivity index (χ2n) is 5.11. The van der Waals surface area contributed by atoms with Gasteiger partial charge in [-0.05, 0) is 36.8 Å². The lowest BCUT2D eigenvalue weighted by Crippen LogP contribution is -2.32. The molecule has 0 radical (unpaired) electrons. The molecule has 0 saturated heterocycles. The van der Waals surface area contributed by atoms with Crippen molar-refractivity contribution in [2.24, 2.45) is 0 Å². The molecule has 118 valence electrons. The van der Waals surface area contributed by atoms with E-state index >= 15 is 0 Å². The van der Waals surface area contributed by atoms with Gasteiger partial charge in [-0.2, -0.15) is 0 Å². The minimum atomic E-state index is -0.344. The molecule has 1 aliphatic heterocycles. The molecule has 2 aromatic rings. The minimum absolute atomic E-state index is 0.110. The largest absolute Gasteiger partial charge is 0.454 e. The van der Waals surface area contributed by atoms with Gasteiger partial charge in [-0.25, -0.2) is 0 Å². The van der Waals surface area contributed by atoms with E-state index in [1.54, 1.807) is 18.2 Å². The maximum absolute atomic E-state index is 12.1. The average molecular weight is 312 g/mol. The number of para-hydroxylation sites is 1. The van der Waals surface area contributed by atoms with Gasteiger partial charge in [0.15, 0.2) is 11.5 Å². The number of nitrogens with one attached hydrogen (secondary N) is 2. The Balaban J connectivity index is 1.56. The zero-order chi connectivity index (χ0) is 16.2. The molecule has 0 atom stereocenters. The van der Waals surface area contributed by atoms with Crippen LogP contribution in [0.3, 0.4) is 0 Å². The Morgan fingerprint density at radius 1 is 1.09 bits per heavy atom. The van der Waals surface area contributed by atoms with Crippen LogP contribution in [0.25, 0.3) is 0 Å². The molecule has 0 saturated carbocycles. The topological polar surface area (TPSA) is 76.7 Å². The highest BCUT2D eigenvalue weighted by molar-refractivity contribution is 5.99. The zero-order valence-electron chi connectivity index (χ0n) is 12.6. The van der Waals surface area contributed by atoms with Crippen LogP contribution in [0.4, 0.5) is 5.69 Å². The van der Waals surface area contributed by atoms with Crippen molar-refractivity contribution < 1.29 is 19.1 Å². The van der Waals surface area contributed by atoms with Crippen LogP contribution in [0.15, 0.2) is 42.5 Å². The number of fused-ring (bicyclic) bond motifs is 1. The monoisotopic (exact) mass is 312 g/mol. The van der Waals surface area contributed by atoms with Crippen LogP contribution < -0.4 is 20.1 Å². The van der Waals surface area contributed by atoms with E-state index in [1.807, 2.05) is 31.2 Å². The number of hydrogen-bond donors (Lipinski definition) is 2. The number of carbonyl (C=O) groups excluding carboxylic acids is 2. The van der Waals surface area contributed by atoms with Crippen molar-refractivity contribution in [3.63, 3.8) is 0 Å². The van der Waals surface area contributed by atoms with E-state index in [-0.39, 0.29) is 25.2 Å². The number of anilines is 1. The smallest absolute Gasteiger partial charge is 0.251 e. The molecule has 0 fully saturated rings. The molecule has 2 amide bonds. The van der Waals surface area contributed by atoms with Crippen LogP contribution in [0.2, 0.25) is 0 Å². The average Bonchev–Trinajstić information content (AvgIpc) is 3.02. The third-order valence-electron chi connectivity index (χ3n) is 3.46. The molecule has 1 heterocycles. The SMILES string of the molecule is Cc1ccccc1NC(=O)CNC(=O)c1ccc2c(c1)OCO2. The van der Waals surface area contributed by atoms with Gasteiger partial charge in [0.1, 0.15) is 0 Å². The van der Waals surface area contributed by atoms with Crippen molar-refractivity contribution in [2.75, 3.05) is 18.7 Å². The Kier molecular flexibility index (Phi) is 4.14. The Morgan fingerprint density at radius 2 is 1.87 bits per heavy atom. The summed E-state index contributed by atoms with van der Waals surface area (Å²) in [5.74, 6) is 0.512. The standard InChI is InChI=1S/C17H16N2O4/c1-11-4-2-3-5-13(11)19-16(20)9-18-17(21)12-6-7-14-15(8-12)23-10-22-14/h2-8H,9-10H2,1H3,(H,18,21)(H,19,20). The lowest BCUT2D eigenvalue weighted by molar-refractivity contribution is -0.115. The first-order valence-corrected chi connectivity index (χ1v) is 7.17. The first-order chi connectivity index (χ1) is 11.1. The van der Waals surface area contributed by atoms with Crippen molar-refractivity contribution in [2.45, 2.75) is 6.92 Å². The fourth-order valence-electron chi connectivity index (χ4n) is 2.21. The van der Waals surface area contributed by atoms with E-state index in [1.165, 1.54) is 0 Å². The first kappa shape index (κ1) is 14.9. The Labute approximate surface area is 133 Å². The van der Waals surface area contributed by atoms with Gasteiger partial charge in [-0.3, -0.25) is 9.59 Å². The van der Waals surface area contributed by atoms with Crippen LogP contribution in [0.5, 0.6) is 11.5 Å². The highest BCUT2D eigenvalue weighted by Gasteiger charge is 2.16. The van der Waals surface area contributed by atoms with Gasteiger partial charge >= 0.3 is 0 Å². The molecule has 23 heavy (non-hydrogen) atoms. The van der Waals surface area contributed by atoms with Gasteiger partial charge in [-0.15, -0.1) is 0 Å². The predicted octanol–water partition coefficient (Wildman–Crippen LogP) is 2.09. The molecule has 2 aromatic carbocycles. The van der Waals surface area contributed by atoms with E-state index < -0.39 is 0 Å². The van der Waals surface area contributed by atoms with Crippen molar-refractivity contribution in [3.8, 4) is 11.5 Å². The molecule has 0 aliphatic carbocycles. The summed E-state index contributed by atoms with van der Waals surface area (Å²) in [5, 5.41) is 5.34. The molecule has 6 heteroatoms. The second kappa shape index (κ2) is 6.39. The third-order valence-corrected chi connectivity index (χ3v) is 3.46. The van der Waals surface area contributed by atoms with Gasteiger partial charge in [0, 0.05) is 11.3 Å². The van der Waals surface area contributed by atoms with E-state index in [2.05, 4.69) is 10.6 Å². The van der Waals surface area contributed by atoms with Crippen molar-refractivity contribution >= 4 is 17.5 Å². The summed E-state index contributed by atoms with van der Waals surface area (Å²) in [5.41, 5.74) is 2.11. The van der Waals surface area contributed by atoms with Crippen molar-refractivity contribution in [1.82, 2.24) is 5.32 Å². The number of rotatable bonds is 4. The normalized spacial score (nSPS) is 11.9. The number of aryl methyl sites for hydroxylation is 1. The molecule has 0 aromatic heterocycles. The van der Waals surface area contributed by atoms with E-state index in [0.717, 1.165) is 11.3 Å². The summed E-state index contributed by atoms with van der Waals surface area (Å²) in [4.78, 5) is 24.0. The molecule has 0 bridgehead atoms. The molecule has 3 rings (SSSR count). The van der Waals surface area contributed by atoms with E-state index in [0.29, 0.717) is 17.1 Å². The van der Waals surface area contributed by atoms with Crippen molar-refractivity contribution in [1.29, 1.82) is 0 Å². The molecule has 0 unspecified atom stereocenters. The van der Waals surface area contributed by atoms with Gasteiger partial charge in [0.2, 0.25) is 12.7 Å². The molecule has 1 aliphatic rings. The van der Waals surface area contributed by atoms with E-state index in [4.69, 9.17) is 9.47 Å². The highest BCUT2D eigenvalue weighted by atomic mass is 16.7. The van der Waals surface area contributed by atoms with Gasteiger partial charge in [0.05, 0.1) is 6.54 Å². The maximum Gasteiger partial charge on any atom is 0.251 e. The Hall–Kier alpha value is -3.02. The van der Waals surface area contributed by atoms with Crippen LogP contribution in [-0.2, 0) is 4.79 Å². The van der Waals surface area contributed by atoms with Gasteiger partial charge < -0.3 is 20.1 Å². The van der Waals surface area contributed by atoms with Crippen molar-refractivity contribution in [3.05, 3.63) is 53.6 Å². The van der Waals surface area contributed by atoms with E-state index in [9.17, 15) is 9.59 Å². The number of hydrogen-bond acceptors (Lipinski definition) is 4. The lowest BCUT2D eigenvalue weighted by Gasteiger charge is -2.09. The predicted molar refractivity (Wildman–Crippen MR) is 84.7 cm³/mol. The van der Waals surface area contributed by atoms with Gasteiger partial charge in [0.25, 0.3) is 5.91 Å². The minimum Gasteiger partial charge on any atom is -0.454 e. The number of carbonyl (C=O) groups is 2. The Morgan fingerprint density at radius 3 is 2.70 bits per heavy atom. The molecule has 6 nitrogen and oxygen atoms in total. The number of amides is 2. The van der Waals surface area contributed by atoms with Crippen LogP contribution in [-0.4, -0.2) is 25.2 Å². The quantitative estimate of drug-likeness (QED) is 0.906. The van der Waals surface area contributed by atoms with Crippen LogP contribution in [0.1, 0.15) is 15.9 Å². The van der Waals surface area contributed by atoms with Crippen LogP contribution in [0, 0.1) is 6.92 Å². The molecule has 2 N–H and O–H groups in total. The molecular formula is C17H16N2O4. The lowest BCUT2D eigenvalue weighted by atomic mass is 10.2. The first-order valence-electron chi connectivity index (χ1n) is 7.17. The Bertz CT molecular complexity index is 758. The highest BCUT2D eigenvalue weighted by Crippen LogP contribution is 2.32. The van der Waals surface area contributed by atoms with Gasteiger partial charge in [-0.1, -0.05) is 18.2 Å². The maximum atomic E-state index is 12.1. The number of benzene rings is 2. The summed E-state index contributed by atoms with van der Waals surface area (Å²) in [6.45, 7) is 1.95. The summed E-state index contributed by atoms with van der Waals surface area (Å²) >= 11 is 0. The molecular weight excluding hydrogens is 296 g/mol. The van der Waals surface area contributed by atoms with Crippen LogP contribution >= 0.6 is 0 Å². The fourth-order valence-corrected chi connectivity index (χ4v) is 2.21. The summed E-state index contributed by atoms with van der Waals surface area (Å²) < 4.78 is 10.4. The summed E-state index contributed by atoms with van der Waals surface area (Å²) in [6, 6.07) is 12.3. The summed E-state index contributed by atoms with van der Waals surface area (Å²) in [7, 11) is 0. The fraction of sp³-hybridized carbons (Fsp3) is 0.176. The molecule has 0 spiro atoms. The second-order valence-corrected chi connectivity index (χ2v) is 5.11.